The van der Waals surface area contributed by atoms with Gasteiger partial charge in [0.1, 0.15) is 12.4 Å². The van der Waals surface area contributed by atoms with Gasteiger partial charge in [-0.05, 0) is 40.4 Å². The summed E-state index contributed by atoms with van der Waals surface area (Å²) < 4.78 is 13.8. The second-order valence-corrected chi connectivity index (χ2v) is 10.2. The molecule has 0 atom stereocenters. The van der Waals surface area contributed by atoms with Crippen LogP contribution in [0.1, 0.15) is 10.4 Å². The zero-order valence-corrected chi connectivity index (χ0v) is 20.1. The van der Waals surface area contributed by atoms with E-state index in [9.17, 15) is 4.79 Å². The minimum Gasteiger partial charge on any atom is -0.491 e. The number of aromatic nitrogens is 1. The van der Waals surface area contributed by atoms with Gasteiger partial charge in [0.25, 0.3) is 5.91 Å². The van der Waals surface area contributed by atoms with Crippen LogP contribution in [0.5, 0.6) is 5.75 Å². The van der Waals surface area contributed by atoms with Gasteiger partial charge in [0.05, 0.1) is 44.2 Å². The number of thiophene rings is 1. The van der Waals surface area contributed by atoms with E-state index in [0.29, 0.717) is 17.9 Å². The first-order valence-electron chi connectivity index (χ1n) is 11.3. The monoisotopic (exact) mass is 489 g/mol. The summed E-state index contributed by atoms with van der Waals surface area (Å²) in [5.41, 5.74) is 3.39. The van der Waals surface area contributed by atoms with Crippen LogP contribution in [0.2, 0.25) is 0 Å². The number of morpholine rings is 1. The summed E-state index contributed by atoms with van der Waals surface area (Å²) in [6.07, 6.45) is 0. The maximum atomic E-state index is 13.4. The zero-order valence-electron chi connectivity index (χ0n) is 18.5. The molecule has 1 aliphatic rings. The molecule has 0 bridgehead atoms. The molecule has 1 amide bonds. The lowest BCUT2D eigenvalue weighted by molar-refractivity contribution is 0.0322. The molecular formula is C26H23N3O3S2. The van der Waals surface area contributed by atoms with Crippen LogP contribution in [-0.4, -0.2) is 55.2 Å². The van der Waals surface area contributed by atoms with Crippen LogP contribution >= 0.6 is 22.7 Å². The summed E-state index contributed by atoms with van der Waals surface area (Å²) in [5, 5.41) is 7.04. The Balaban J connectivity index is 1.27. The van der Waals surface area contributed by atoms with E-state index in [2.05, 4.69) is 27.3 Å². The third-order valence-corrected chi connectivity index (χ3v) is 7.95. The number of nitrogens with one attached hydrogen (secondary N) is 1. The maximum absolute atomic E-state index is 13.4. The molecule has 1 saturated heterocycles. The van der Waals surface area contributed by atoms with E-state index in [1.807, 2.05) is 48.0 Å². The molecule has 0 unspecified atom stereocenters. The fraction of sp³-hybridized carbons (Fsp3) is 0.231. The number of hydrogen-bond acceptors (Lipinski definition) is 7. The van der Waals surface area contributed by atoms with Crippen molar-refractivity contribution >= 4 is 64.7 Å². The highest BCUT2D eigenvalue weighted by Crippen LogP contribution is 2.36. The van der Waals surface area contributed by atoms with Crippen molar-refractivity contribution in [1.82, 2.24) is 9.88 Å². The normalized spacial score (nSPS) is 14.7. The topological polar surface area (TPSA) is 63.7 Å². The van der Waals surface area contributed by atoms with E-state index in [1.54, 1.807) is 22.7 Å². The number of thiazole rings is 1. The number of amides is 1. The standard InChI is InChI=1S/C26H23N3O3S2/c30-26(28-23-15-19-5-6-22-24(25(19)34-23)27-16-33-22)20-13-17-3-1-2-4-18(17)14-21(20)32-12-9-29-7-10-31-11-8-29/h1-6,13-16H,7-12H2,(H,28,30). The molecule has 6 rings (SSSR count). The molecule has 172 valence electrons. The molecule has 3 aromatic carbocycles. The van der Waals surface area contributed by atoms with Crippen molar-refractivity contribution in [3.63, 3.8) is 0 Å². The third-order valence-electron chi connectivity index (χ3n) is 6.08. The number of hydrogen-bond donors (Lipinski definition) is 1. The third kappa shape index (κ3) is 4.25. The van der Waals surface area contributed by atoms with Crippen LogP contribution in [0.15, 0.2) is 60.1 Å². The van der Waals surface area contributed by atoms with Gasteiger partial charge in [0.2, 0.25) is 0 Å². The van der Waals surface area contributed by atoms with Crippen LogP contribution in [0.25, 0.3) is 31.1 Å². The number of carbonyl (C=O) groups is 1. The lowest BCUT2D eigenvalue weighted by Gasteiger charge is -2.26. The Morgan fingerprint density at radius 1 is 1.06 bits per heavy atom. The maximum Gasteiger partial charge on any atom is 0.260 e. The summed E-state index contributed by atoms with van der Waals surface area (Å²) in [7, 11) is 0. The van der Waals surface area contributed by atoms with Gasteiger partial charge in [-0.1, -0.05) is 30.3 Å². The predicted molar refractivity (Wildman–Crippen MR) is 140 cm³/mol. The SMILES string of the molecule is O=C(Nc1cc2ccc3scnc3c2s1)c1cc2ccccc2cc1OCCN1CCOCC1. The fourth-order valence-corrected chi connectivity index (χ4v) is 6.09. The average Bonchev–Trinajstić information content (AvgIpc) is 3.50. The van der Waals surface area contributed by atoms with Crippen molar-refractivity contribution in [2.24, 2.45) is 0 Å². The molecule has 1 aliphatic heterocycles. The highest BCUT2D eigenvalue weighted by Gasteiger charge is 2.17. The first-order valence-corrected chi connectivity index (χ1v) is 13.0. The lowest BCUT2D eigenvalue weighted by atomic mass is 10.1. The summed E-state index contributed by atoms with van der Waals surface area (Å²) in [6.45, 7) is 4.65. The summed E-state index contributed by atoms with van der Waals surface area (Å²) in [6, 6.07) is 18.1. The predicted octanol–water partition coefficient (Wildman–Crippen LogP) is 5.63. The van der Waals surface area contributed by atoms with E-state index >= 15 is 0 Å². The van der Waals surface area contributed by atoms with E-state index in [1.165, 1.54) is 0 Å². The average molecular weight is 490 g/mol. The molecular weight excluding hydrogens is 466 g/mol. The molecule has 3 heterocycles. The molecule has 1 fully saturated rings. The summed E-state index contributed by atoms with van der Waals surface area (Å²) >= 11 is 3.18. The van der Waals surface area contributed by atoms with Gasteiger partial charge in [0, 0.05) is 19.6 Å². The number of carbonyl (C=O) groups excluding carboxylic acids is 1. The number of rotatable bonds is 6. The zero-order chi connectivity index (χ0) is 22.9. The number of ether oxygens (including phenoxy) is 2. The Morgan fingerprint density at radius 3 is 2.74 bits per heavy atom. The molecule has 6 nitrogen and oxygen atoms in total. The van der Waals surface area contributed by atoms with Crippen molar-refractivity contribution in [3.05, 3.63) is 65.7 Å². The van der Waals surface area contributed by atoms with Crippen LogP contribution in [0.3, 0.4) is 0 Å². The Labute approximate surface area is 204 Å². The molecule has 0 aliphatic carbocycles. The Bertz CT molecular complexity index is 1490. The minimum atomic E-state index is -0.173. The van der Waals surface area contributed by atoms with Gasteiger partial charge in [0.15, 0.2) is 0 Å². The highest BCUT2D eigenvalue weighted by molar-refractivity contribution is 7.24. The first kappa shape index (κ1) is 21.5. The van der Waals surface area contributed by atoms with E-state index in [0.717, 1.165) is 68.9 Å². The second kappa shape index (κ2) is 9.31. The van der Waals surface area contributed by atoms with Crippen molar-refractivity contribution in [2.45, 2.75) is 0 Å². The van der Waals surface area contributed by atoms with E-state index in [4.69, 9.17) is 9.47 Å². The van der Waals surface area contributed by atoms with Crippen molar-refractivity contribution < 1.29 is 14.3 Å². The smallest absolute Gasteiger partial charge is 0.260 e. The molecule has 2 aromatic heterocycles. The molecule has 0 saturated carbocycles. The number of benzene rings is 3. The van der Waals surface area contributed by atoms with Gasteiger partial charge in [-0.2, -0.15) is 0 Å². The van der Waals surface area contributed by atoms with Gasteiger partial charge in [-0.25, -0.2) is 4.98 Å². The van der Waals surface area contributed by atoms with Gasteiger partial charge >= 0.3 is 0 Å². The minimum absolute atomic E-state index is 0.173. The van der Waals surface area contributed by atoms with Crippen LogP contribution < -0.4 is 10.1 Å². The van der Waals surface area contributed by atoms with E-state index < -0.39 is 0 Å². The van der Waals surface area contributed by atoms with Gasteiger partial charge in [-0.15, -0.1) is 22.7 Å². The van der Waals surface area contributed by atoms with Crippen molar-refractivity contribution in [1.29, 1.82) is 0 Å². The van der Waals surface area contributed by atoms with Crippen LogP contribution in [0.4, 0.5) is 5.00 Å². The largest absolute Gasteiger partial charge is 0.491 e. The molecule has 8 heteroatoms. The number of fused-ring (bicyclic) bond motifs is 4. The number of anilines is 1. The number of nitrogens with zero attached hydrogens (tertiary/aromatic N) is 2. The quantitative estimate of drug-likeness (QED) is 0.335. The molecule has 5 aromatic rings. The fourth-order valence-electron chi connectivity index (χ4n) is 4.29. The highest BCUT2D eigenvalue weighted by atomic mass is 32.1. The molecule has 1 N–H and O–H groups in total. The lowest BCUT2D eigenvalue weighted by Crippen LogP contribution is -2.38. The van der Waals surface area contributed by atoms with Gasteiger partial charge in [-0.3, -0.25) is 9.69 Å². The van der Waals surface area contributed by atoms with E-state index in [-0.39, 0.29) is 5.91 Å². The van der Waals surface area contributed by atoms with Crippen LogP contribution in [0, 0.1) is 0 Å². The molecule has 0 spiro atoms. The summed E-state index contributed by atoms with van der Waals surface area (Å²) in [5.74, 6) is 0.431. The Hall–Kier alpha value is -3.04. The second-order valence-electron chi connectivity index (χ2n) is 8.25. The first-order chi connectivity index (χ1) is 16.7. The molecule has 0 radical (unpaired) electrons. The van der Waals surface area contributed by atoms with Gasteiger partial charge < -0.3 is 14.8 Å². The van der Waals surface area contributed by atoms with Crippen molar-refractivity contribution in [2.75, 3.05) is 44.8 Å². The van der Waals surface area contributed by atoms with Crippen molar-refractivity contribution in [3.8, 4) is 5.75 Å². The summed E-state index contributed by atoms with van der Waals surface area (Å²) in [4.78, 5) is 20.2. The van der Waals surface area contributed by atoms with Crippen LogP contribution in [-0.2, 0) is 4.74 Å². The Kier molecular flexibility index (Phi) is 5.88. The molecule has 34 heavy (non-hydrogen) atoms. The Morgan fingerprint density at radius 2 is 1.88 bits per heavy atom.